The molecular formula is C61H87MgN5O5+2. The van der Waals surface area contributed by atoms with Gasteiger partial charge >= 0.3 is 35.0 Å². The monoisotopic (exact) mass is 994 g/mol. The van der Waals surface area contributed by atoms with Crippen LogP contribution in [-0.4, -0.2) is 80.6 Å². The first-order valence-corrected chi connectivity index (χ1v) is 27.3. The molecule has 386 valence electrons. The third-order valence-electron chi connectivity index (χ3n) is 15.9. The molecule has 1 saturated carbocycles. The van der Waals surface area contributed by atoms with E-state index in [4.69, 9.17) is 19.4 Å². The van der Waals surface area contributed by atoms with E-state index < -0.39 is 5.97 Å². The Hall–Kier alpha value is -4.48. The molecule has 3 aromatic heterocycles. The van der Waals surface area contributed by atoms with E-state index >= 15 is 0 Å². The second-order valence-corrected chi connectivity index (χ2v) is 21.9. The van der Waals surface area contributed by atoms with E-state index in [0.717, 1.165) is 119 Å². The first kappa shape index (κ1) is 58.4. The maximum Gasteiger partial charge on any atom is 2.00 e. The first-order chi connectivity index (χ1) is 34.0. The zero-order chi connectivity index (χ0) is 51.4. The van der Waals surface area contributed by atoms with Crippen LogP contribution in [0.3, 0.4) is 0 Å². The Kier molecular flexibility index (Phi) is 22.5. The molecule has 11 heteroatoms. The quantitative estimate of drug-likeness (QED) is 0.0488. The standard InChI is InChI=1S/C61H87N5O5.Mg/c1-13-46-41(8)50-34-52-43(10)48(29-30-56(67)71-32-31-40(7)26-20-25-39(6)24-19-23-38(5)22-18-21-37(3)4)59(65-52)49(33-57(68)70-12)60-58(61(69)62-45-27-16-15-17-28-45)44(11)53(66-60)36-55-47(14-2)42(9)51(64-55)35-54(46)63-50;/h13,31,34-39,43,45,48,63-64H,1,14-30,32-33H2,2-12H3,(H,62,69);/q;+2. The van der Waals surface area contributed by atoms with Gasteiger partial charge in [-0.25, -0.2) is 4.98 Å². The summed E-state index contributed by atoms with van der Waals surface area (Å²) in [6.45, 7) is 26.4. The summed E-state index contributed by atoms with van der Waals surface area (Å²) < 4.78 is 11.2. The fourth-order valence-electron chi connectivity index (χ4n) is 11.3. The number of esters is 2. The number of carbonyl (C=O) groups is 3. The number of nitrogens with one attached hydrogen (secondary N) is 3. The van der Waals surface area contributed by atoms with Crippen LogP contribution in [0.15, 0.2) is 36.4 Å². The van der Waals surface area contributed by atoms with Gasteiger partial charge in [0.25, 0.3) is 5.91 Å². The average molecular weight is 995 g/mol. The summed E-state index contributed by atoms with van der Waals surface area (Å²) >= 11 is 0. The number of aromatic nitrogens is 4. The van der Waals surface area contributed by atoms with Gasteiger partial charge in [-0.15, -0.1) is 0 Å². The SMILES string of the molecule is C=Cc1c(C)c2cc3nc(c(CC(=O)OC)c4nc(cc5[nH]c(cc1[nH]2)c(C)c5CC)C(C)=C4C(=O)NC1CCCCC1)C(CCC(=O)OCC=C(C)CCCC(C)CCCC(C)CCCC(C)C)C3C.[Mg+2]. The van der Waals surface area contributed by atoms with Crippen molar-refractivity contribution in [3.8, 4) is 0 Å². The number of nitrogens with zero attached hydrogens (tertiary/aromatic N) is 2. The van der Waals surface area contributed by atoms with Gasteiger partial charge in [-0.1, -0.05) is 124 Å². The fourth-order valence-corrected chi connectivity index (χ4v) is 11.3. The number of aromatic amines is 2. The zero-order valence-corrected chi connectivity index (χ0v) is 47.5. The molecule has 10 nitrogen and oxygen atoms in total. The van der Waals surface area contributed by atoms with E-state index in [0.29, 0.717) is 40.6 Å². The molecule has 1 amide bonds. The summed E-state index contributed by atoms with van der Waals surface area (Å²) in [5.41, 5.74) is 13.5. The number of amides is 1. The van der Waals surface area contributed by atoms with Crippen molar-refractivity contribution >= 4 is 80.2 Å². The fraction of sp³-hybridized carbons (Fsp3) is 0.590. The molecule has 0 radical (unpaired) electrons. The molecule has 72 heavy (non-hydrogen) atoms. The molecule has 3 aliphatic rings. The van der Waals surface area contributed by atoms with Crippen LogP contribution in [0.25, 0.3) is 39.3 Å². The number of aryl methyl sites for hydroxylation is 3. The summed E-state index contributed by atoms with van der Waals surface area (Å²) in [4.78, 5) is 60.0. The third-order valence-corrected chi connectivity index (χ3v) is 15.9. The number of ether oxygens (including phenoxy) is 2. The Labute approximate surface area is 448 Å². The van der Waals surface area contributed by atoms with Gasteiger partial charge in [-0.2, -0.15) is 0 Å². The second kappa shape index (κ2) is 27.7. The van der Waals surface area contributed by atoms with Crippen LogP contribution < -0.4 is 5.32 Å². The molecule has 4 atom stereocenters. The van der Waals surface area contributed by atoms with Gasteiger partial charge in [0.05, 0.1) is 36.2 Å². The normalized spacial score (nSPS) is 17.1. The topological polar surface area (TPSA) is 139 Å². The molecule has 5 heterocycles. The summed E-state index contributed by atoms with van der Waals surface area (Å²) in [6.07, 6.45) is 21.6. The smallest absolute Gasteiger partial charge is 0.469 e. The number of hydrogen-bond acceptors (Lipinski definition) is 7. The molecule has 8 bridgehead atoms. The Balaban J connectivity index is 0.00000963. The van der Waals surface area contributed by atoms with Crippen LogP contribution >= 0.6 is 0 Å². The number of methoxy groups -OCH3 is 1. The van der Waals surface area contributed by atoms with Gasteiger partial charge in [0.15, 0.2) is 0 Å². The van der Waals surface area contributed by atoms with E-state index in [1.165, 1.54) is 57.6 Å². The predicted molar refractivity (Wildman–Crippen MR) is 299 cm³/mol. The van der Waals surface area contributed by atoms with Gasteiger partial charge in [-0.05, 0) is 131 Å². The van der Waals surface area contributed by atoms with Crippen molar-refractivity contribution in [1.82, 2.24) is 25.3 Å². The average Bonchev–Trinajstić information content (AvgIpc) is 4.02. The molecule has 1 fully saturated rings. The Morgan fingerprint density at radius 3 is 2.12 bits per heavy atom. The number of allylic oxidation sites excluding steroid dienone is 2. The maximum absolute atomic E-state index is 14.7. The predicted octanol–water partition coefficient (Wildman–Crippen LogP) is 14.4. The van der Waals surface area contributed by atoms with Crippen LogP contribution in [-0.2, 0) is 36.7 Å². The van der Waals surface area contributed by atoms with Crippen LogP contribution in [0.1, 0.15) is 221 Å². The van der Waals surface area contributed by atoms with E-state index in [1.807, 2.05) is 25.1 Å². The van der Waals surface area contributed by atoms with Crippen LogP contribution in [0.2, 0.25) is 0 Å². The maximum atomic E-state index is 14.7. The largest absolute Gasteiger partial charge is 2.00 e. The molecule has 3 aromatic rings. The molecule has 6 rings (SSSR count). The van der Waals surface area contributed by atoms with E-state index in [1.54, 1.807) is 0 Å². The molecule has 0 spiro atoms. The zero-order valence-electron chi connectivity index (χ0n) is 46.1. The van der Waals surface area contributed by atoms with E-state index in [2.05, 4.69) is 96.3 Å². The van der Waals surface area contributed by atoms with Crippen LogP contribution in [0, 0.1) is 31.6 Å². The van der Waals surface area contributed by atoms with Crippen molar-refractivity contribution in [3.05, 3.63) is 87.0 Å². The number of H-pyrrole nitrogens is 2. The summed E-state index contributed by atoms with van der Waals surface area (Å²) in [5, 5.41) is 3.36. The minimum absolute atomic E-state index is 0. The van der Waals surface area contributed by atoms with Crippen molar-refractivity contribution in [2.45, 2.75) is 203 Å². The van der Waals surface area contributed by atoms with Gasteiger partial charge < -0.3 is 24.8 Å². The molecule has 0 saturated heterocycles. The summed E-state index contributed by atoms with van der Waals surface area (Å²) in [7, 11) is 1.38. The number of rotatable bonds is 23. The first-order valence-electron chi connectivity index (χ1n) is 27.3. The van der Waals surface area contributed by atoms with E-state index in [9.17, 15) is 14.4 Å². The van der Waals surface area contributed by atoms with Gasteiger partial charge in [0.2, 0.25) is 0 Å². The van der Waals surface area contributed by atoms with Gasteiger partial charge in [0, 0.05) is 63.2 Å². The van der Waals surface area contributed by atoms with E-state index in [-0.39, 0.29) is 72.3 Å². The summed E-state index contributed by atoms with van der Waals surface area (Å²) in [6, 6.07) is 6.31. The third kappa shape index (κ3) is 15.1. The van der Waals surface area contributed by atoms with Crippen LogP contribution in [0.5, 0.6) is 0 Å². The van der Waals surface area contributed by atoms with Crippen molar-refractivity contribution < 1.29 is 23.9 Å². The Bertz CT molecular complexity index is 2610. The summed E-state index contributed by atoms with van der Waals surface area (Å²) in [5.74, 6) is 0.914. The second-order valence-electron chi connectivity index (χ2n) is 21.9. The minimum Gasteiger partial charge on any atom is -0.469 e. The minimum atomic E-state index is -0.465. The molecule has 0 aromatic carbocycles. The molecule has 1 aliphatic carbocycles. The van der Waals surface area contributed by atoms with Crippen molar-refractivity contribution in [3.63, 3.8) is 0 Å². The molecule has 2 aliphatic heterocycles. The number of carbonyl (C=O) groups excluding carboxylic acids is 3. The Morgan fingerprint density at radius 2 is 1.47 bits per heavy atom. The van der Waals surface area contributed by atoms with Crippen LogP contribution in [0.4, 0.5) is 0 Å². The molecule has 3 N–H and O–H groups in total. The molecule has 4 unspecified atom stereocenters. The van der Waals surface area contributed by atoms with Crippen molar-refractivity contribution in [1.29, 1.82) is 0 Å². The number of hydrogen-bond donors (Lipinski definition) is 3. The van der Waals surface area contributed by atoms with Crippen molar-refractivity contribution in [2.75, 3.05) is 13.7 Å². The molecular weight excluding hydrogens is 907 g/mol. The van der Waals surface area contributed by atoms with Gasteiger partial charge in [-0.3, -0.25) is 19.4 Å². The Morgan fingerprint density at radius 1 is 0.819 bits per heavy atom. The van der Waals surface area contributed by atoms with Crippen molar-refractivity contribution in [2.24, 2.45) is 17.8 Å². The number of fused-ring (bicyclic) bond motifs is 8. The van der Waals surface area contributed by atoms with Gasteiger partial charge in [0.1, 0.15) is 6.61 Å².